The van der Waals surface area contributed by atoms with Crippen LogP contribution in [0.5, 0.6) is 17.2 Å². The summed E-state index contributed by atoms with van der Waals surface area (Å²) in [6.45, 7) is 3.74. The number of hydrogen-bond donors (Lipinski definition) is 1. The number of methoxy groups -OCH3 is 2. The van der Waals surface area contributed by atoms with Gasteiger partial charge in [0.1, 0.15) is 5.75 Å². The molecule has 3 rings (SSSR count). The quantitative estimate of drug-likeness (QED) is 0.619. The lowest BCUT2D eigenvalue weighted by molar-refractivity contribution is -0.122. The van der Waals surface area contributed by atoms with E-state index in [4.69, 9.17) is 18.8 Å². The number of hydrogen-bond acceptors (Lipinski definition) is 7. The Hall–Kier alpha value is -3.55. The molecule has 152 valence electrons. The second-order valence-electron chi connectivity index (χ2n) is 6.28. The van der Waals surface area contributed by atoms with Gasteiger partial charge in [-0.3, -0.25) is 4.79 Å². The fourth-order valence-corrected chi connectivity index (χ4v) is 2.72. The van der Waals surface area contributed by atoms with Crippen molar-refractivity contribution in [1.82, 2.24) is 10.3 Å². The molecule has 0 fully saturated rings. The Balaban J connectivity index is 1.72. The molecule has 0 saturated heterocycles. The summed E-state index contributed by atoms with van der Waals surface area (Å²) < 4.78 is 21.1. The Morgan fingerprint density at radius 2 is 1.79 bits per heavy atom. The van der Waals surface area contributed by atoms with Gasteiger partial charge in [0.05, 0.1) is 14.2 Å². The molecule has 8 nitrogen and oxygen atoms in total. The number of nitrogens with zero attached hydrogens (tertiary/aromatic N) is 2. The van der Waals surface area contributed by atoms with Gasteiger partial charge in [-0.1, -0.05) is 19.1 Å². The lowest BCUT2D eigenvalue weighted by atomic mass is 10.1. The number of benzene rings is 2. The molecule has 0 aliphatic heterocycles. The highest BCUT2D eigenvalue weighted by molar-refractivity contribution is 5.96. The third-order valence-electron chi connectivity index (χ3n) is 4.40. The lowest BCUT2D eigenvalue weighted by Crippen LogP contribution is -2.30. The monoisotopic (exact) mass is 397 g/mol. The summed E-state index contributed by atoms with van der Waals surface area (Å²) in [6, 6.07) is 12.9. The molecule has 1 N–H and O–H groups in total. The first-order valence-corrected chi connectivity index (χ1v) is 9.17. The summed E-state index contributed by atoms with van der Waals surface area (Å²) in [5.41, 5.74) is 2.23. The van der Waals surface area contributed by atoms with Gasteiger partial charge < -0.3 is 19.5 Å². The zero-order valence-corrected chi connectivity index (χ0v) is 16.8. The highest BCUT2D eigenvalue weighted by Gasteiger charge is 2.21. The van der Waals surface area contributed by atoms with Crippen LogP contribution in [-0.2, 0) is 11.2 Å². The zero-order valence-electron chi connectivity index (χ0n) is 16.8. The molecule has 1 atom stereocenters. The second-order valence-corrected chi connectivity index (χ2v) is 6.28. The Bertz CT molecular complexity index is 969. The van der Waals surface area contributed by atoms with Crippen LogP contribution in [-0.4, -0.2) is 36.5 Å². The molecule has 2 aromatic carbocycles. The number of aromatic nitrogens is 2. The molecule has 0 unspecified atom stereocenters. The maximum atomic E-state index is 12.6. The van der Waals surface area contributed by atoms with Crippen molar-refractivity contribution in [2.24, 2.45) is 0 Å². The van der Waals surface area contributed by atoms with Gasteiger partial charge in [-0.05, 0) is 59.6 Å². The van der Waals surface area contributed by atoms with Crippen LogP contribution in [0.3, 0.4) is 0 Å². The molecule has 29 heavy (non-hydrogen) atoms. The van der Waals surface area contributed by atoms with Gasteiger partial charge in [-0.15, -0.1) is 0 Å². The summed E-state index contributed by atoms with van der Waals surface area (Å²) in [5.74, 6) is 1.54. The predicted octanol–water partition coefficient (Wildman–Crippen LogP) is 3.72. The number of ether oxygens (including phenoxy) is 3. The first-order chi connectivity index (χ1) is 14.0. The van der Waals surface area contributed by atoms with Crippen molar-refractivity contribution < 1.29 is 23.6 Å². The molecule has 0 saturated carbocycles. The van der Waals surface area contributed by atoms with Crippen molar-refractivity contribution in [1.29, 1.82) is 0 Å². The highest BCUT2D eigenvalue weighted by atomic mass is 16.6. The number of carbonyl (C=O) groups excluding carboxylic acids is 1. The van der Waals surface area contributed by atoms with Gasteiger partial charge in [-0.2, -0.15) is 0 Å². The van der Waals surface area contributed by atoms with Gasteiger partial charge in [0, 0.05) is 5.56 Å². The number of aryl methyl sites for hydroxylation is 1. The smallest absolute Gasteiger partial charge is 0.266 e. The molecule has 0 spiro atoms. The zero-order chi connectivity index (χ0) is 20.8. The van der Waals surface area contributed by atoms with Gasteiger partial charge in [0.25, 0.3) is 5.91 Å². The average molecular weight is 397 g/mol. The minimum absolute atomic E-state index is 0.194. The average Bonchev–Trinajstić information content (AvgIpc) is 3.21. The van der Waals surface area contributed by atoms with Crippen LogP contribution in [0.4, 0.5) is 5.82 Å². The largest absolute Gasteiger partial charge is 0.493 e. The number of anilines is 1. The maximum absolute atomic E-state index is 12.6. The lowest BCUT2D eigenvalue weighted by Gasteiger charge is -2.14. The predicted molar refractivity (Wildman–Crippen MR) is 107 cm³/mol. The van der Waals surface area contributed by atoms with Crippen LogP contribution in [0.25, 0.3) is 11.3 Å². The molecule has 1 heterocycles. The molecule has 8 heteroatoms. The van der Waals surface area contributed by atoms with E-state index >= 15 is 0 Å². The Morgan fingerprint density at radius 3 is 2.45 bits per heavy atom. The van der Waals surface area contributed by atoms with Crippen LogP contribution in [0, 0.1) is 0 Å². The van der Waals surface area contributed by atoms with Gasteiger partial charge >= 0.3 is 0 Å². The molecule has 1 aromatic heterocycles. The summed E-state index contributed by atoms with van der Waals surface area (Å²) in [4.78, 5) is 12.6. The molecule has 3 aromatic rings. The maximum Gasteiger partial charge on any atom is 0.266 e. The van der Waals surface area contributed by atoms with Crippen molar-refractivity contribution in [2.45, 2.75) is 26.4 Å². The molecule has 0 aliphatic carbocycles. The van der Waals surface area contributed by atoms with Crippen LogP contribution >= 0.6 is 0 Å². The van der Waals surface area contributed by atoms with Crippen LogP contribution in [0.15, 0.2) is 47.1 Å². The summed E-state index contributed by atoms with van der Waals surface area (Å²) in [6.07, 6.45) is 0.200. The van der Waals surface area contributed by atoms with Crippen LogP contribution < -0.4 is 19.5 Å². The van der Waals surface area contributed by atoms with E-state index in [1.807, 2.05) is 24.3 Å². The first-order valence-electron chi connectivity index (χ1n) is 9.17. The van der Waals surface area contributed by atoms with Crippen molar-refractivity contribution in [3.05, 3.63) is 48.0 Å². The molecule has 0 aliphatic rings. The number of carbonyl (C=O) groups is 1. The normalized spacial score (nSPS) is 11.6. The van der Waals surface area contributed by atoms with E-state index in [-0.39, 0.29) is 11.7 Å². The van der Waals surface area contributed by atoms with Crippen molar-refractivity contribution in [3.8, 4) is 28.5 Å². The van der Waals surface area contributed by atoms with Crippen molar-refractivity contribution >= 4 is 11.7 Å². The van der Waals surface area contributed by atoms with E-state index in [0.717, 1.165) is 6.42 Å². The van der Waals surface area contributed by atoms with Gasteiger partial charge in [0.15, 0.2) is 23.3 Å². The minimum Gasteiger partial charge on any atom is -0.493 e. The fourth-order valence-electron chi connectivity index (χ4n) is 2.72. The number of rotatable bonds is 8. The molecule has 1 amide bonds. The van der Waals surface area contributed by atoms with E-state index < -0.39 is 6.10 Å². The van der Waals surface area contributed by atoms with E-state index in [1.54, 1.807) is 32.2 Å². The van der Waals surface area contributed by atoms with Crippen molar-refractivity contribution in [2.75, 3.05) is 19.5 Å². The third-order valence-corrected chi connectivity index (χ3v) is 4.40. The molecule has 0 radical (unpaired) electrons. The third kappa shape index (κ3) is 4.66. The molecular weight excluding hydrogens is 374 g/mol. The summed E-state index contributed by atoms with van der Waals surface area (Å²) in [5, 5.41) is 10.4. The number of amides is 1. The first kappa shape index (κ1) is 20.2. The van der Waals surface area contributed by atoms with Crippen molar-refractivity contribution in [3.63, 3.8) is 0 Å². The van der Waals surface area contributed by atoms with E-state index in [1.165, 1.54) is 12.7 Å². The molecule has 0 bridgehead atoms. The van der Waals surface area contributed by atoms with Crippen LogP contribution in [0.1, 0.15) is 19.4 Å². The Morgan fingerprint density at radius 1 is 1.07 bits per heavy atom. The summed E-state index contributed by atoms with van der Waals surface area (Å²) >= 11 is 0. The van der Waals surface area contributed by atoms with Gasteiger partial charge in [0.2, 0.25) is 5.82 Å². The van der Waals surface area contributed by atoms with E-state index in [2.05, 4.69) is 22.6 Å². The Kier molecular flexibility index (Phi) is 6.33. The number of nitrogens with one attached hydrogen (secondary N) is 1. The molecular formula is C21H23N3O5. The topological polar surface area (TPSA) is 95.7 Å². The fraction of sp³-hybridized carbons (Fsp3) is 0.286. The van der Waals surface area contributed by atoms with E-state index in [9.17, 15) is 4.79 Å². The van der Waals surface area contributed by atoms with E-state index in [0.29, 0.717) is 28.5 Å². The van der Waals surface area contributed by atoms with Crippen LogP contribution in [0.2, 0.25) is 0 Å². The SMILES string of the molecule is CCc1ccc(O[C@H](C)C(=O)Nc2nonc2-c2ccc(OC)c(OC)c2)cc1. The standard InChI is InChI=1S/C21H23N3O5/c1-5-14-6-9-16(10-7-14)28-13(2)21(25)22-20-19(23-29-24-20)15-8-11-17(26-3)18(12-15)27-4/h6-13H,5H2,1-4H3,(H,22,24,25)/t13-/m1/s1. The second kappa shape index (κ2) is 9.09. The minimum atomic E-state index is -0.738. The van der Waals surface area contributed by atoms with Gasteiger partial charge in [-0.25, -0.2) is 4.63 Å². The Labute approximate surface area is 168 Å². The highest BCUT2D eigenvalue weighted by Crippen LogP contribution is 2.33. The summed E-state index contributed by atoms with van der Waals surface area (Å²) in [7, 11) is 3.09.